The number of aliphatic hydroxyl groups is 1. The molecule has 1 aliphatic heterocycles. The predicted octanol–water partition coefficient (Wildman–Crippen LogP) is 0.262. The van der Waals surface area contributed by atoms with Crippen LogP contribution in [0.4, 0.5) is 0 Å². The van der Waals surface area contributed by atoms with Crippen LogP contribution in [0.1, 0.15) is 33.6 Å². The van der Waals surface area contributed by atoms with E-state index in [0.29, 0.717) is 13.0 Å². The smallest absolute Gasteiger partial charge is 0.237 e. The Morgan fingerprint density at radius 2 is 2.27 bits per heavy atom. The lowest BCUT2D eigenvalue weighted by atomic mass is 9.87. The van der Waals surface area contributed by atoms with Gasteiger partial charge in [0, 0.05) is 6.54 Å². The summed E-state index contributed by atoms with van der Waals surface area (Å²) in [4.78, 5) is 11.5. The topological polar surface area (TPSA) is 61.4 Å². The van der Waals surface area contributed by atoms with Gasteiger partial charge >= 0.3 is 0 Å². The van der Waals surface area contributed by atoms with Crippen molar-refractivity contribution in [3.05, 3.63) is 0 Å². The standard InChI is InChI=1S/C11H22N2O2/c1-8(14)6-11(2,3)7-13-10(15)9-4-5-12-9/h8-9,12,14H,4-7H2,1-3H3,(H,13,15)/t8?,9-/m1/s1. The third-order valence-electron chi connectivity index (χ3n) is 2.73. The number of hydrogen-bond acceptors (Lipinski definition) is 3. The Labute approximate surface area is 91.4 Å². The molecule has 0 radical (unpaired) electrons. The lowest BCUT2D eigenvalue weighted by Gasteiger charge is -2.30. The highest BCUT2D eigenvalue weighted by molar-refractivity contribution is 5.82. The first-order valence-corrected chi connectivity index (χ1v) is 5.60. The van der Waals surface area contributed by atoms with Gasteiger partial charge in [0.1, 0.15) is 0 Å². The summed E-state index contributed by atoms with van der Waals surface area (Å²) in [5, 5.41) is 15.3. The molecule has 3 N–H and O–H groups in total. The Balaban J connectivity index is 2.25. The van der Waals surface area contributed by atoms with Gasteiger partial charge in [0.15, 0.2) is 0 Å². The molecular formula is C11H22N2O2. The molecule has 0 aromatic rings. The summed E-state index contributed by atoms with van der Waals surface area (Å²) < 4.78 is 0. The Bertz CT molecular complexity index is 223. The molecule has 0 aromatic carbocycles. The number of rotatable bonds is 5. The fraction of sp³-hybridized carbons (Fsp3) is 0.909. The molecule has 4 nitrogen and oxygen atoms in total. The summed E-state index contributed by atoms with van der Waals surface area (Å²) in [6, 6.07) is 0.00681. The zero-order chi connectivity index (χ0) is 11.5. The first kappa shape index (κ1) is 12.5. The minimum Gasteiger partial charge on any atom is -0.393 e. The maximum absolute atomic E-state index is 11.5. The largest absolute Gasteiger partial charge is 0.393 e. The van der Waals surface area contributed by atoms with E-state index >= 15 is 0 Å². The summed E-state index contributed by atoms with van der Waals surface area (Å²) in [5.74, 6) is 0.0833. The zero-order valence-electron chi connectivity index (χ0n) is 9.84. The number of carbonyl (C=O) groups is 1. The maximum atomic E-state index is 11.5. The molecule has 0 spiro atoms. The van der Waals surface area contributed by atoms with Crippen LogP contribution in [0.25, 0.3) is 0 Å². The molecule has 0 saturated carbocycles. The molecule has 15 heavy (non-hydrogen) atoms. The highest BCUT2D eigenvalue weighted by Crippen LogP contribution is 2.21. The minimum absolute atomic E-state index is 0.00681. The van der Waals surface area contributed by atoms with Crippen LogP contribution in [-0.4, -0.2) is 36.2 Å². The van der Waals surface area contributed by atoms with E-state index in [1.54, 1.807) is 6.92 Å². The molecule has 88 valence electrons. The van der Waals surface area contributed by atoms with Crippen molar-refractivity contribution in [2.45, 2.75) is 45.8 Å². The van der Waals surface area contributed by atoms with Crippen molar-refractivity contribution < 1.29 is 9.90 Å². The number of aliphatic hydroxyl groups excluding tert-OH is 1. The van der Waals surface area contributed by atoms with Gasteiger partial charge in [0.2, 0.25) is 5.91 Å². The average molecular weight is 214 g/mol. The fourth-order valence-corrected chi connectivity index (χ4v) is 1.83. The van der Waals surface area contributed by atoms with Crippen molar-refractivity contribution >= 4 is 5.91 Å². The maximum Gasteiger partial charge on any atom is 0.237 e. The van der Waals surface area contributed by atoms with E-state index in [2.05, 4.69) is 10.6 Å². The Kier molecular flexibility index (Phi) is 4.11. The van der Waals surface area contributed by atoms with Gasteiger partial charge in [-0.25, -0.2) is 0 Å². The van der Waals surface area contributed by atoms with Crippen LogP contribution in [0.3, 0.4) is 0 Å². The second kappa shape index (κ2) is 4.94. The second-order valence-electron chi connectivity index (χ2n) is 5.23. The van der Waals surface area contributed by atoms with Crippen molar-refractivity contribution in [3.8, 4) is 0 Å². The minimum atomic E-state index is -0.321. The molecule has 1 saturated heterocycles. The van der Waals surface area contributed by atoms with Crippen molar-refractivity contribution in [1.29, 1.82) is 0 Å². The van der Waals surface area contributed by atoms with Crippen molar-refractivity contribution in [3.63, 3.8) is 0 Å². The summed E-state index contributed by atoms with van der Waals surface area (Å²) in [7, 11) is 0. The van der Waals surface area contributed by atoms with E-state index in [9.17, 15) is 9.90 Å². The summed E-state index contributed by atoms with van der Waals surface area (Å²) in [6.07, 6.45) is 1.31. The van der Waals surface area contributed by atoms with E-state index in [1.165, 1.54) is 0 Å². The van der Waals surface area contributed by atoms with E-state index < -0.39 is 0 Å². The van der Waals surface area contributed by atoms with Crippen LogP contribution < -0.4 is 10.6 Å². The molecule has 0 aromatic heterocycles. The highest BCUT2D eigenvalue weighted by Gasteiger charge is 2.27. The molecule has 0 bridgehead atoms. The van der Waals surface area contributed by atoms with Gasteiger partial charge in [-0.1, -0.05) is 13.8 Å². The van der Waals surface area contributed by atoms with Crippen LogP contribution in [0.2, 0.25) is 0 Å². The highest BCUT2D eigenvalue weighted by atomic mass is 16.3. The molecule has 1 fully saturated rings. The Hall–Kier alpha value is -0.610. The molecule has 1 unspecified atom stereocenters. The molecular weight excluding hydrogens is 192 g/mol. The summed E-state index contributed by atoms with van der Waals surface area (Å²) in [5.41, 5.74) is -0.0480. The molecule has 2 atom stereocenters. The summed E-state index contributed by atoms with van der Waals surface area (Å²) in [6.45, 7) is 7.43. The average Bonchev–Trinajstić information content (AvgIpc) is 1.95. The van der Waals surface area contributed by atoms with E-state index in [0.717, 1.165) is 13.0 Å². The molecule has 1 aliphatic rings. The zero-order valence-corrected chi connectivity index (χ0v) is 9.84. The van der Waals surface area contributed by atoms with Gasteiger partial charge in [-0.05, 0) is 31.7 Å². The Morgan fingerprint density at radius 1 is 1.67 bits per heavy atom. The van der Waals surface area contributed by atoms with Gasteiger partial charge in [-0.3, -0.25) is 4.79 Å². The Morgan fingerprint density at radius 3 is 2.67 bits per heavy atom. The van der Waals surface area contributed by atoms with Gasteiger partial charge in [-0.15, -0.1) is 0 Å². The second-order valence-corrected chi connectivity index (χ2v) is 5.23. The number of hydrogen-bond donors (Lipinski definition) is 3. The van der Waals surface area contributed by atoms with Crippen LogP contribution in [-0.2, 0) is 4.79 Å². The first-order valence-electron chi connectivity index (χ1n) is 5.60. The van der Waals surface area contributed by atoms with Crippen LogP contribution in [0.5, 0.6) is 0 Å². The predicted molar refractivity (Wildman–Crippen MR) is 59.5 cm³/mol. The van der Waals surface area contributed by atoms with Crippen molar-refractivity contribution in [2.24, 2.45) is 5.41 Å². The first-order chi connectivity index (χ1) is 6.91. The van der Waals surface area contributed by atoms with Crippen LogP contribution in [0.15, 0.2) is 0 Å². The molecule has 1 amide bonds. The van der Waals surface area contributed by atoms with Crippen LogP contribution >= 0.6 is 0 Å². The molecule has 1 rings (SSSR count). The van der Waals surface area contributed by atoms with Gasteiger partial charge in [0.05, 0.1) is 12.1 Å². The van der Waals surface area contributed by atoms with Gasteiger partial charge in [0.25, 0.3) is 0 Å². The van der Waals surface area contributed by atoms with E-state index in [1.807, 2.05) is 13.8 Å². The van der Waals surface area contributed by atoms with Crippen molar-refractivity contribution in [2.75, 3.05) is 13.1 Å². The quantitative estimate of drug-likeness (QED) is 0.615. The van der Waals surface area contributed by atoms with E-state index in [4.69, 9.17) is 0 Å². The third kappa shape index (κ3) is 4.18. The molecule has 0 aliphatic carbocycles. The van der Waals surface area contributed by atoms with Crippen molar-refractivity contribution in [1.82, 2.24) is 10.6 Å². The lowest BCUT2D eigenvalue weighted by Crippen LogP contribution is -2.54. The number of amides is 1. The SMILES string of the molecule is CC(O)CC(C)(C)CNC(=O)[C@H]1CCN1. The molecule has 4 heteroatoms. The van der Waals surface area contributed by atoms with Gasteiger partial charge in [-0.2, -0.15) is 0 Å². The van der Waals surface area contributed by atoms with Crippen LogP contribution in [0, 0.1) is 5.41 Å². The molecule has 1 heterocycles. The summed E-state index contributed by atoms with van der Waals surface area (Å²) >= 11 is 0. The normalized spacial score (nSPS) is 23.1. The fourth-order valence-electron chi connectivity index (χ4n) is 1.83. The number of nitrogens with one attached hydrogen (secondary N) is 2. The third-order valence-corrected chi connectivity index (χ3v) is 2.73. The van der Waals surface area contributed by atoms with Gasteiger partial charge < -0.3 is 15.7 Å². The van der Waals surface area contributed by atoms with E-state index in [-0.39, 0.29) is 23.5 Å². The monoisotopic (exact) mass is 214 g/mol. The lowest BCUT2D eigenvalue weighted by molar-refractivity contribution is -0.125. The number of carbonyl (C=O) groups excluding carboxylic acids is 1.